The first-order valence-corrected chi connectivity index (χ1v) is 7.96. The first-order valence-electron chi connectivity index (χ1n) is 7.96. The van der Waals surface area contributed by atoms with Gasteiger partial charge in [0, 0.05) is 12.6 Å². The molecule has 0 radical (unpaired) electrons. The Hall–Kier alpha value is -2.69. The summed E-state index contributed by atoms with van der Waals surface area (Å²) >= 11 is 0. The van der Waals surface area contributed by atoms with Gasteiger partial charge in [-0.15, -0.1) is 0 Å². The highest BCUT2D eigenvalue weighted by atomic mass is 16.5. The van der Waals surface area contributed by atoms with Gasteiger partial charge in [0.25, 0.3) is 5.91 Å². The lowest BCUT2D eigenvalue weighted by Crippen LogP contribution is -2.38. The summed E-state index contributed by atoms with van der Waals surface area (Å²) in [5, 5.41) is 0. The fraction of sp³-hybridized carbons (Fsp3) is 0.316. The van der Waals surface area contributed by atoms with Crippen LogP contribution in [0.25, 0.3) is 0 Å². The summed E-state index contributed by atoms with van der Waals surface area (Å²) in [4.78, 5) is 14.4. The second kappa shape index (κ2) is 7.25. The van der Waals surface area contributed by atoms with Crippen molar-refractivity contribution >= 4 is 11.6 Å². The lowest BCUT2D eigenvalue weighted by atomic mass is 10.0. The van der Waals surface area contributed by atoms with E-state index in [-0.39, 0.29) is 12.5 Å². The molecule has 5 nitrogen and oxygen atoms in total. The quantitative estimate of drug-likeness (QED) is 0.847. The smallest absolute Gasteiger partial charge is 0.264 e. The predicted molar refractivity (Wildman–Crippen MR) is 92.2 cm³/mol. The third kappa shape index (κ3) is 3.30. The lowest BCUT2D eigenvalue weighted by molar-refractivity contribution is -0.120. The van der Waals surface area contributed by atoms with Crippen LogP contribution in [-0.2, 0) is 11.2 Å². The molecule has 0 unspecified atom stereocenters. The summed E-state index contributed by atoms with van der Waals surface area (Å²) in [5.74, 6) is 1.86. The molecule has 24 heavy (non-hydrogen) atoms. The molecule has 0 N–H and O–H groups in total. The van der Waals surface area contributed by atoms with Gasteiger partial charge in [-0.2, -0.15) is 0 Å². The molecule has 2 aromatic rings. The molecule has 0 saturated carbocycles. The molecule has 0 bridgehead atoms. The average molecular weight is 327 g/mol. The van der Waals surface area contributed by atoms with E-state index in [9.17, 15) is 4.79 Å². The minimum Gasteiger partial charge on any atom is -0.497 e. The number of rotatable bonds is 5. The summed E-state index contributed by atoms with van der Waals surface area (Å²) in [6, 6.07) is 13.2. The topological polar surface area (TPSA) is 48.0 Å². The number of para-hydroxylation sites is 2. The van der Waals surface area contributed by atoms with Gasteiger partial charge in [0.15, 0.2) is 18.1 Å². The molecule has 0 aliphatic carbocycles. The molecule has 126 valence electrons. The van der Waals surface area contributed by atoms with E-state index in [1.807, 2.05) is 30.3 Å². The first kappa shape index (κ1) is 16.2. The number of hydrogen-bond donors (Lipinski definition) is 0. The third-order valence-corrected chi connectivity index (χ3v) is 4.13. The Bertz CT molecular complexity index is 729. The maximum Gasteiger partial charge on any atom is 0.264 e. The van der Waals surface area contributed by atoms with Crippen LogP contribution in [0.15, 0.2) is 42.5 Å². The first-order chi connectivity index (χ1) is 11.7. The Kier molecular flexibility index (Phi) is 4.89. The molecule has 0 atom stereocenters. The van der Waals surface area contributed by atoms with Crippen LogP contribution < -0.4 is 19.1 Å². The number of methoxy groups -OCH3 is 2. The molecule has 2 aromatic carbocycles. The number of carbonyl (C=O) groups excluding carboxylic acids is 1. The Labute approximate surface area is 141 Å². The molecule has 0 fully saturated rings. The summed E-state index contributed by atoms with van der Waals surface area (Å²) in [7, 11) is 3.21. The highest BCUT2D eigenvalue weighted by Gasteiger charge is 2.23. The fourth-order valence-corrected chi connectivity index (χ4v) is 2.90. The van der Waals surface area contributed by atoms with Crippen molar-refractivity contribution in [3.05, 3.63) is 48.0 Å². The van der Waals surface area contributed by atoms with E-state index < -0.39 is 0 Å². The Morgan fingerprint density at radius 2 is 1.88 bits per heavy atom. The Morgan fingerprint density at radius 3 is 2.62 bits per heavy atom. The molecule has 0 spiro atoms. The van der Waals surface area contributed by atoms with Gasteiger partial charge in [-0.1, -0.05) is 18.2 Å². The van der Waals surface area contributed by atoms with Gasteiger partial charge in [-0.3, -0.25) is 4.79 Å². The van der Waals surface area contributed by atoms with Crippen molar-refractivity contribution in [2.45, 2.75) is 12.8 Å². The molecule has 1 heterocycles. The maximum absolute atomic E-state index is 12.7. The molecule has 5 heteroatoms. The van der Waals surface area contributed by atoms with Crippen molar-refractivity contribution < 1.29 is 19.0 Å². The number of fused-ring (bicyclic) bond motifs is 1. The number of hydrogen-bond acceptors (Lipinski definition) is 4. The highest BCUT2D eigenvalue weighted by Crippen LogP contribution is 2.31. The summed E-state index contributed by atoms with van der Waals surface area (Å²) in [5.41, 5.74) is 2.07. The zero-order chi connectivity index (χ0) is 16.9. The minimum atomic E-state index is -0.0740. The molecule has 3 rings (SSSR count). The van der Waals surface area contributed by atoms with Gasteiger partial charge >= 0.3 is 0 Å². The normalized spacial score (nSPS) is 13.2. The van der Waals surface area contributed by atoms with Crippen LogP contribution in [0.2, 0.25) is 0 Å². The van der Waals surface area contributed by atoms with Crippen LogP contribution in [0.3, 0.4) is 0 Å². The van der Waals surface area contributed by atoms with Gasteiger partial charge in [-0.25, -0.2) is 0 Å². The molecule has 1 aliphatic heterocycles. The maximum atomic E-state index is 12.7. The number of anilines is 1. The predicted octanol–water partition coefficient (Wildman–Crippen LogP) is 3.06. The van der Waals surface area contributed by atoms with E-state index in [0.717, 1.165) is 29.8 Å². The van der Waals surface area contributed by atoms with E-state index in [0.29, 0.717) is 18.0 Å². The van der Waals surface area contributed by atoms with E-state index in [4.69, 9.17) is 14.2 Å². The number of carbonyl (C=O) groups is 1. The molecule has 1 amide bonds. The molecule has 0 aromatic heterocycles. The van der Waals surface area contributed by atoms with Crippen LogP contribution in [0.1, 0.15) is 12.0 Å². The zero-order valence-corrected chi connectivity index (χ0v) is 14.0. The van der Waals surface area contributed by atoms with Gasteiger partial charge in [0.1, 0.15) is 5.75 Å². The van der Waals surface area contributed by atoms with Crippen LogP contribution in [0, 0.1) is 0 Å². The number of aryl methyl sites for hydroxylation is 1. The molecule has 0 saturated heterocycles. The van der Waals surface area contributed by atoms with Crippen LogP contribution in [-0.4, -0.2) is 33.3 Å². The minimum absolute atomic E-state index is 0.0307. The second-order valence-electron chi connectivity index (χ2n) is 5.58. The monoisotopic (exact) mass is 327 g/mol. The summed E-state index contributed by atoms with van der Waals surface area (Å²) in [6.45, 7) is 0.658. The third-order valence-electron chi connectivity index (χ3n) is 4.13. The van der Waals surface area contributed by atoms with Crippen molar-refractivity contribution in [2.24, 2.45) is 0 Å². The summed E-state index contributed by atoms with van der Waals surface area (Å²) < 4.78 is 16.2. The van der Waals surface area contributed by atoms with Crippen molar-refractivity contribution in [3.63, 3.8) is 0 Å². The van der Waals surface area contributed by atoms with Gasteiger partial charge < -0.3 is 19.1 Å². The van der Waals surface area contributed by atoms with E-state index in [1.54, 1.807) is 31.3 Å². The standard InChI is InChI=1S/C19H21NO4/c1-22-15-10-9-14-6-5-11-20(16(14)12-15)19(21)13-24-18-8-4-3-7-17(18)23-2/h3-4,7-10,12H,5-6,11,13H2,1-2H3. The summed E-state index contributed by atoms with van der Waals surface area (Å²) in [6.07, 6.45) is 1.91. The Morgan fingerprint density at radius 1 is 1.08 bits per heavy atom. The second-order valence-corrected chi connectivity index (χ2v) is 5.58. The highest BCUT2D eigenvalue weighted by molar-refractivity contribution is 5.95. The van der Waals surface area contributed by atoms with Gasteiger partial charge in [0.05, 0.1) is 19.9 Å². The van der Waals surface area contributed by atoms with Crippen LogP contribution >= 0.6 is 0 Å². The molecular formula is C19H21NO4. The zero-order valence-electron chi connectivity index (χ0n) is 14.0. The van der Waals surface area contributed by atoms with E-state index in [2.05, 4.69) is 0 Å². The molecule has 1 aliphatic rings. The number of nitrogens with zero attached hydrogens (tertiary/aromatic N) is 1. The fourth-order valence-electron chi connectivity index (χ4n) is 2.90. The van der Waals surface area contributed by atoms with Crippen molar-refractivity contribution in [1.82, 2.24) is 0 Å². The molecular weight excluding hydrogens is 306 g/mol. The average Bonchev–Trinajstić information content (AvgIpc) is 2.65. The SMILES string of the molecule is COc1ccc2c(c1)N(C(=O)COc1ccccc1OC)CCC2. The van der Waals surface area contributed by atoms with Crippen molar-refractivity contribution in [3.8, 4) is 17.2 Å². The van der Waals surface area contributed by atoms with Gasteiger partial charge in [-0.05, 0) is 36.6 Å². The van der Waals surface area contributed by atoms with Crippen molar-refractivity contribution in [1.29, 1.82) is 0 Å². The number of ether oxygens (including phenoxy) is 3. The number of amides is 1. The van der Waals surface area contributed by atoms with E-state index in [1.165, 1.54) is 0 Å². The number of benzene rings is 2. The van der Waals surface area contributed by atoms with Crippen LogP contribution in [0.5, 0.6) is 17.2 Å². The van der Waals surface area contributed by atoms with Crippen LogP contribution in [0.4, 0.5) is 5.69 Å². The Balaban J connectivity index is 1.74. The van der Waals surface area contributed by atoms with Crippen molar-refractivity contribution in [2.75, 3.05) is 32.3 Å². The van der Waals surface area contributed by atoms with E-state index >= 15 is 0 Å². The largest absolute Gasteiger partial charge is 0.497 e. The van der Waals surface area contributed by atoms with Gasteiger partial charge in [0.2, 0.25) is 0 Å². The lowest BCUT2D eigenvalue weighted by Gasteiger charge is -2.29.